The van der Waals surface area contributed by atoms with Gasteiger partial charge in [-0.3, -0.25) is 0 Å². The molecule has 0 aromatic carbocycles. The van der Waals surface area contributed by atoms with Gasteiger partial charge < -0.3 is 5.11 Å². The monoisotopic (exact) mass is 132 g/mol. The fourth-order valence-corrected chi connectivity index (χ4v) is 0.891. The smallest absolute Gasteiger partial charge is 0.0620 e. The molecule has 0 aliphatic rings. The Balaban J connectivity index is 2.80. The minimum absolute atomic E-state index is 0.163. The first-order valence-electron chi connectivity index (χ1n) is 2.79. The van der Waals surface area contributed by atoms with Crippen molar-refractivity contribution in [3.05, 3.63) is 11.5 Å². The van der Waals surface area contributed by atoms with E-state index >= 15 is 0 Å². The van der Waals surface area contributed by atoms with Crippen LogP contribution in [0.4, 0.5) is 0 Å². The molecule has 1 N–H and O–H groups in total. The van der Waals surface area contributed by atoms with E-state index in [1.165, 1.54) is 6.42 Å². The Hall–Kier alpha value is 0.0500. The summed E-state index contributed by atoms with van der Waals surface area (Å²) in [5, 5.41) is 10.2. The maximum absolute atomic E-state index is 8.27. The molecule has 0 unspecified atom stereocenters. The van der Waals surface area contributed by atoms with Gasteiger partial charge in [0.15, 0.2) is 0 Å². The Morgan fingerprint density at radius 2 is 2.38 bits per heavy atom. The molecular formula is C6H12OS. The highest BCUT2D eigenvalue weighted by atomic mass is 32.2. The third kappa shape index (κ3) is 6.05. The molecule has 0 atom stereocenters. The molecule has 0 aliphatic heterocycles. The molecule has 0 aromatic rings. The van der Waals surface area contributed by atoms with Gasteiger partial charge >= 0.3 is 0 Å². The zero-order valence-electron chi connectivity index (χ0n) is 5.13. The van der Waals surface area contributed by atoms with Gasteiger partial charge in [-0.05, 0) is 17.6 Å². The second-order valence-electron chi connectivity index (χ2n) is 1.43. The number of hydrogen-bond donors (Lipinski definition) is 1. The van der Waals surface area contributed by atoms with Gasteiger partial charge in [0.2, 0.25) is 0 Å². The van der Waals surface area contributed by atoms with E-state index in [4.69, 9.17) is 5.11 Å². The average molecular weight is 132 g/mol. The summed E-state index contributed by atoms with van der Waals surface area (Å²) in [6.07, 6.45) is 2.95. The first-order chi connectivity index (χ1) is 3.91. The van der Waals surface area contributed by atoms with E-state index in [2.05, 4.69) is 6.92 Å². The van der Waals surface area contributed by atoms with E-state index in [1.807, 2.05) is 5.41 Å². The molecular weight excluding hydrogens is 120 g/mol. The summed E-state index contributed by atoms with van der Waals surface area (Å²) in [7, 11) is 0. The average Bonchev–Trinajstić information content (AvgIpc) is 1.81. The van der Waals surface area contributed by atoms with E-state index in [1.54, 1.807) is 17.8 Å². The second-order valence-corrected chi connectivity index (χ2v) is 2.44. The Bertz CT molecular complexity index is 61.5. The Kier molecular flexibility index (Phi) is 7.09. The summed E-state index contributed by atoms with van der Waals surface area (Å²) in [6.45, 7) is 2.30. The normalized spacial score (nSPS) is 10.8. The fourth-order valence-electron chi connectivity index (χ4n) is 0.297. The van der Waals surface area contributed by atoms with Crippen LogP contribution in [0.2, 0.25) is 0 Å². The number of rotatable bonds is 4. The fraction of sp³-hybridized carbons (Fsp3) is 0.667. The second kappa shape index (κ2) is 7.05. The van der Waals surface area contributed by atoms with Crippen LogP contribution in [0.3, 0.4) is 0 Å². The molecule has 0 heterocycles. The van der Waals surface area contributed by atoms with Crippen LogP contribution in [0.5, 0.6) is 0 Å². The molecule has 0 aromatic heterocycles. The Morgan fingerprint density at radius 1 is 1.62 bits per heavy atom. The summed E-state index contributed by atoms with van der Waals surface area (Å²) in [5.41, 5.74) is 0. The molecule has 0 radical (unpaired) electrons. The topological polar surface area (TPSA) is 20.2 Å². The van der Waals surface area contributed by atoms with Gasteiger partial charge in [-0.15, -0.1) is 11.8 Å². The van der Waals surface area contributed by atoms with Crippen LogP contribution in [0.15, 0.2) is 11.5 Å². The van der Waals surface area contributed by atoms with Crippen molar-refractivity contribution in [2.75, 3.05) is 12.4 Å². The van der Waals surface area contributed by atoms with Crippen molar-refractivity contribution >= 4 is 11.8 Å². The summed E-state index contributed by atoms with van der Waals surface area (Å²) < 4.78 is 0. The molecule has 48 valence electrons. The first-order valence-corrected chi connectivity index (χ1v) is 3.84. The molecule has 0 rings (SSSR count). The number of aliphatic hydroxyl groups excluding tert-OH is 1. The van der Waals surface area contributed by atoms with Gasteiger partial charge in [0, 0.05) is 0 Å². The van der Waals surface area contributed by atoms with Crippen LogP contribution in [-0.2, 0) is 0 Å². The minimum Gasteiger partial charge on any atom is -0.392 e. The molecule has 0 amide bonds. The Morgan fingerprint density at radius 3 is 2.88 bits per heavy atom. The largest absolute Gasteiger partial charge is 0.392 e. The van der Waals surface area contributed by atoms with E-state index < -0.39 is 0 Å². The molecule has 0 spiro atoms. The van der Waals surface area contributed by atoms with Gasteiger partial charge in [0.1, 0.15) is 0 Å². The van der Waals surface area contributed by atoms with Gasteiger partial charge in [-0.1, -0.05) is 13.0 Å². The van der Waals surface area contributed by atoms with E-state index in [9.17, 15) is 0 Å². The van der Waals surface area contributed by atoms with Crippen molar-refractivity contribution < 1.29 is 5.11 Å². The molecule has 0 saturated carbocycles. The predicted octanol–water partition coefficient (Wildman–Crippen LogP) is 1.64. The van der Waals surface area contributed by atoms with Crippen LogP contribution in [-0.4, -0.2) is 17.5 Å². The van der Waals surface area contributed by atoms with Crippen molar-refractivity contribution in [2.45, 2.75) is 13.3 Å². The first kappa shape index (κ1) is 8.05. The van der Waals surface area contributed by atoms with Crippen molar-refractivity contribution in [2.24, 2.45) is 0 Å². The van der Waals surface area contributed by atoms with E-state index in [0.29, 0.717) is 0 Å². The number of thioether (sulfide) groups is 1. The maximum atomic E-state index is 8.27. The lowest BCUT2D eigenvalue weighted by Gasteiger charge is -1.85. The molecule has 8 heavy (non-hydrogen) atoms. The van der Waals surface area contributed by atoms with Crippen LogP contribution in [0, 0.1) is 0 Å². The lowest BCUT2D eigenvalue weighted by Crippen LogP contribution is -1.70. The standard InChI is InChI=1S/C6H12OS/c1-2-5-8-6-3-4-7/h3,6-7H,2,4-5H2,1H3/b6-3-. The van der Waals surface area contributed by atoms with Gasteiger partial charge in [-0.2, -0.15) is 0 Å². The molecule has 0 bridgehead atoms. The SMILES string of the molecule is CCCS/C=C\CO. The minimum atomic E-state index is 0.163. The molecule has 2 heteroatoms. The van der Waals surface area contributed by atoms with Crippen molar-refractivity contribution in [3.63, 3.8) is 0 Å². The quantitative estimate of drug-likeness (QED) is 0.587. The van der Waals surface area contributed by atoms with Crippen molar-refractivity contribution in [1.82, 2.24) is 0 Å². The maximum Gasteiger partial charge on any atom is 0.0620 e. The van der Waals surface area contributed by atoms with Crippen LogP contribution < -0.4 is 0 Å². The van der Waals surface area contributed by atoms with Crippen molar-refractivity contribution in [3.8, 4) is 0 Å². The number of aliphatic hydroxyl groups is 1. The summed E-state index contributed by atoms with van der Waals surface area (Å²) in [5.74, 6) is 1.15. The number of hydrogen-bond acceptors (Lipinski definition) is 2. The van der Waals surface area contributed by atoms with Crippen molar-refractivity contribution in [1.29, 1.82) is 0 Å². The van der Waals surface area contributed by atoms with Gasteiger partial charge in [0.05, 0.1) is 6.61 Å². The molecule has 0 aliphatic carbocycles. The molecule has 1 nitrogen and oxygen atoms in total. The third-order valence-corrected chi connectivity index (χ3v) is 1.65. The summed E-state index contributed by atoms with van der Waals surface area (Å²) in [6, 6.07) is 0. The lowest BCUT2D eigenvalue weighted by molar-refractivity contribution is 0.343. The van der Waals surface area contributed by atoms with E-state index in [0.717, 1.165) is 5.75 Å². The zero-order chi connectivity index (χ0) is 6.24. The molecule has 0 saturated heterocycles. The van der Waals surface area contributed by atoms with Crippen LogP contribution >= 0.6 is 11.8 Å². The third-order valence-electron chi connectivity index (χ3n) is 0.620. The zero-order valence-corrected chi connectivity index (χ0v) is 5.95. The van der Waals surface area contributed by atoms with Gasteiger partial charge in [-0.25, -0.2) is 0 Å². The lowest BCUT2D eigenvalue weighted by atomic mass is 10.6. The summed E-state index contributed by atoms with van der Waals surface area (Å²) in [4.78, 5) is 0. The molecule has 0 fully saturated rings. The van der Waals surface area contributed by atoms with Crippen LogP contribution in [0.25, 0.3) is 0 Å². The Labute approximate surface area is 54.8 Å². The highest BCUT2D eigenvalue weighted by Gasteiger charge is 1.74. The van der Waals surface area contributed by atoms with Gasteiger partial charge in [0.25, 0.3) is 0 Å². The summed E-state index contributed by atoms with van der Waals surface area (Å²) >= 11 is 1.74. The highest BCUT2D eigenvalue weighted by molar-refractivity contribution is 8.02. The predicted molar refractivity (Wildman–Crippen MR) is 39.0 cm³/mol. The van der Waals surface area contributed by atoms with E-state index in [-0.39, 0.29) is 6.61 Å². The highest BCUT2D eigenvalue weighted by Crippen LogP contribution is 2.01. The van der Waals surface area contributed by atoms with Crippen LogP contribution in [0.1, 0.15) is 13.3 Å².